The fourth-order valence-electron chi connectivity index (χ4n) is 5.18. The third-order valence-electron chi connectivity index (χ3n) is 7.09. The third kappa shape index (κ3) is 5.19. The average Bonchev–Trinajstić information content (AvgIpc) is 3.35. The van der Waals surface area contributed by atoms with E-state index in [1.54, 1.807) is 30.3 Å². The summed E-state index contributed by atoms with van der Waals surface area (Å²) in [5, 5.41) is 20.2. The number of halogens is 1. The van der Waals surface area contributed by atoms with Gasteiger partial charge in [0.2, 0.25) is 0 Å². The predicted molar refractivity (Wildman–Crippen MR) is 139 cm³/mol. The van der Waals surface area contributed by atoms with Crippen molar-refractivity contribution in [1.82, 2.24) is 4.90 Å². The van der Waals surface area contributed by atoms with Gasteiger partial charge in [-0.1, -0.05) is 24.3 Å². The molecule has 6 heteroatoms. The Morgan fingerprint density at radius 1 is 1.03 bits per heavy atom. The van der Waals surface area contributed by atoms with E-state index < -0.39 is 0 Å². The van der Waals surface area contributed by atoms with Crippen molar-refractivity contribution in [2.45, 2.75) is 25.9 Å². The molecule has 0 unspecified atom stereocenters. The summed E-state index contributed by atoms with van der Waals surface area (Å²) in [6, 6.07) is 20.2. The van der Waals surface area contributed by atoms with Crippen LogP contribution in [0.25, 0.3) is 11.1 Å². The van der Waals surface area contributed by atoms with Crippen molar-refractivity contribution in [3.05, 3.63) is 83.4 Å². The lowest BCUT2D eigenvalue weighted by atomic mass is 9.86. The van der Waals surface area contributed by atoms with Crippen molar-refractivity contribution in [3.8, 4) is 23.0 Å². The van der Waals surface area contributed by atoms with Crippen LogP contribution in [0.5, 0.6) is 23.0 Å². The van der Waals surface area contributed by atoms with Gasteiger partial charge in [-0.2, -0.15) is 0 Å². The number of hydrogen-bond acceptors (Lipinski definition) is 5. The highest BCUT2D eigenvalue weighted by Crippen LogP contribution is 2.47. The number of phenols is 2. The van der Waals surface area contributed by atoms with Crippen molar-refractivity contribution >= 4 is 11.1 Å². The Morgan fingerprint density at radius 3 is 2.58 bits per heavy atom. The van der Waals surface area contributed by atoms with Gasteiger partial charge in [0, 0.05) is 30.1 Å². The number of alkyl halides is 1. The first kappa shape index (κ1) is 24.2. The van der Waals surface area contributed by atoms with E-state index in [9.17, 15) is 14.6 Å². The van der Waals surface area contributed by atoms with Gasteiger partial charge < -0.3 is 24.6 Å². The van der Waals surface area contributed by atoms with E-state index in [4.69, 9.17) is 9.47 Å². The molecule has 2 atom stereocenters. The number of likely N-dealkylation sites (tertiary alicyclic amines) is 1. The second kappa shape index (κ2) is 10.6. The lowest BCUT2D eigenvalue weighted by Crippen LogP contribution is -2.23. The van der Waals surface area contributed by atoms with Crippen LogP contribution in [0.1, 0.15) is 42.6 Å². The fourth-order valence-corrected chi connectivity index (χ4v) is 5.18. The zero-order valence-electron chi connectivity index (χ0n) is 20.5. The van der Waals surface area contributed by atoms with Crippen LogP contribution in [0.2, 0.25) is 0 Å². The molecule has 5 rings (SSSR count). The molecule has 0 bridgehead atoms. The molecule has 2 heterocycles. The lowest BCUT2D eigenvalue weighted by Gasteiger charge is -2.31. The molecule has 0 saturated carbocycles. The molecule has 0 radical (unpaired) electrons. The maximum atomic E-state index is 12.8. The smallest absolute Gasteiger partial charge is 0.150 e. The molecule has 2 N–H and O–H groups in total. The number of fused-ring (bicyclic) bond motifs is 1. The number of allylic oxidation sites excluding steroid dienone is 1. The van der Waals surface area contributed by atoms with Crippen LogP contribution >= 0.6 is 0 Å². The van der Waals surface area contributed by atoms with Crippen molar-refractivity contribution in [3.63, 3.8) is 0 Å². The Bertz CT molecular complexity index is 1240. The molecule has 0 amide bonds. The molecule has 2 aliphatic heterocycles. The third-order valence-corrected chi connectivity index (χ3v) is 7.09. The molecule has 0 spiro atoms. The molecule has 188 valence electrons. The Morgan fingerprint density at radius 2 is 1.83 bits per heavy atom. The van der Waals surface area contributed by atoms with Gasteiger partial charge in [0.1, 0.15) is 29.1 Å². The van der Waals surface area contributed by atoms with Crippen molar-refractivity contribution in [1.29, 1.82) is 0 Å². The summed E-state index contributed by atoms with van der Waals surface area (Å²) in [7, 11) is 0. The number of hydrogen-bond donors (Lipinski definition) is 2. The molecule has 3 aromatic carbocycles. The van der Waals surface area contributed by atoms with Crippen LogP contribution < -0.4 is 9.47 Å². The molecule has 0 aliphatic carbocycles. The molecular formula is C30H32FNO4. The maximum Gasteiger partial charge on any atom is 0.150 e. The normalized spacial score (nSPS) is 19.7. The second-order valence-electron chi connectivity index (χ2n) is 9.65. The highest BCUT2D eigenvalue weighted by atomic mass is 19.1. The van der Waals surface area contributed by atoms with Crippen LogP contribution in [-0.4, -0.2) is 48.0 Å². The van der Waals surface area contributed by atoms with E-state index >= 15 is 0 Å². The zero-order chi connectivity index (χ0) is 25.1. The van der Waals surface area contributed by atoms with Gasteiger partial charge in [0.15, 0.2) is 0 Å². The second-order valence-corrected chi connectivity index (χ2v) is 9.65. The summed E-state index contributed by atoms with van der Waals surface area (Å²) >= 11 is 0. The van der Waals surface area contributed by atoms with Crippen molar-refractivity contribution < 1.29 is 24.1 Å². The summed E-state index contributed by atoms with van der Waals surface area (Å²) < 4.78 is 25.2. The molecular weight excluding hydrogens is 457 g/mol. The zero-order valence-corrected chi connectivity index (χ0v) is 20.5. The molecule has 2 aliphatic rings. The van der Waals surface area contributed by atoms with Crippen LogP contribution in [0.4, 0.5) is 4.39 Å². The van der Waals surface area contributed by atoms with E-state index in [0.29, 0.717) is 12.4 Å². The Hall–Kier alpha value is -3.51. The van der Waals surface area contributed by atoms with Gasteiger partial charge in [0.05, 0.1) is 13.3 Å². The largest absolute Gasteiger partial charge is 0.508 e. The number of phenolic OH excluding ortho intramolecular Hbond substituents is 2. The fraction of sp³-hybridized carbons (Fsp3) is 0.333. The van der Waals surface area contributed by atoms with Gasteiger partial charge in [-0.25, -0.2) is 0 Å². The highest BCUT2D eigenvalue weighted by Gasteiger charge is 2.29. The highest BCUT2D eigenvalue weighted by molar-refractivity contribution is 5.95. The number of aromatic hydroxyl groups is 2. The number of nitrogens with zero attached hydrogens (tertiary/aromatic N) is 1. The van der Waals surface area contributed by atoms with Crippen molar-refractivity contribution in [2.75, 3.05) is 32.9 Å². The first-order valence-corrected chi connectivity index (χ1v) is 12.5. The predicted octanol–water partition coefficient (Wildman–Crippen LogP) is 6.22. The van der Waals surface area contributed by atoms with Gasteiger partial charge in [0.25, 0.3) is 0 Å². The Balaban J connectivity index is 1.32. The summed E-state index contributed by atoms with van der Waals surface area (Å²) in [5.74, 6) is 2.06. The topological polar surface area (TPSA) is 62.2 Å². The van der Waals surface area contributed by atoms with Crippen LogP contribution in [0.15, 0.2) is 66.7 Å². The Labute approximate surface area is 211 Å². The summed E-state index contributed by atoms with van der Waals surface area (Å²) in [6.45, 7) is 5.16. The van der Waals surface area contributed by atoms with E-state index in [-0.39, 0.29) is 30.2 Å². The lowest BCUT2D eigenvalue weighted by molar-refractivity contribution is 0.252. The average molecular weight is 490 g/mol. The minimum absolute atomic E-state index is 0.180. The number of benzene rings is 3. The molecule has 0 aromatic heterocycles. The van der Waals surface area contributed by atoms with Gasteiger partial charge >= 0.3 is 0 Å². The van der Waals surface area contributed by atoms with E-state index in [1.807, 2.05) is 43.3 Å². The minimum atomic E-state index is -0.378. The monoisotopic (exact) mass is 489 g/mol. The van der Waals surface area contributed by atoms with E-state index in [0.717, 1.165) is 66.1 Å². The molecule has 36 heavy (non-hydrogen) atoms. The summed E-state index contributed by atoms with van der Waals surface area (Å²) in [5.41, 5.74) is 4.59. The SMILES string of the molecule is CC1=C(c2cccc(O)c2)[C@H](c2ccc(OCCCN3CC[C@@H](CF)C3)cc2)Oc2ccc(O)cc21. The molecule has 3 aromatic rings. The van der Waals surface area contributed by atoms with E-state index in [1.165, 1.54) is 0 Å². The first-order valence-electron chi connectivity index (χ1n) is 12.5. The van der Waals surface area contributed by atoms with Crippen LogP contribution in [-0.2, 0) is 0 Å². The number of rotatable bonds is 8. The minimum Gasteiger partial charge on any atom is -0.508 e. The quantitative estimate of drug-likeness (QED) is 0.368. The standard InChI is InChI=1S/C30H32FNO4/c1-20-27-17-25(34)8-11-28(27)36-30(29(20)23-4-2-5-24(33)16-23)22-6-9-26(10-7-22)35-15-3-13-32-14-12-21(18-31)19-32/h2,4-11,16-17,21,30,33-34H,3,12-15,18-19H2,1H3/t21-,30-/m0/s1. The Kier molecular flexibility index (Phi) is 7.14. The summed E-state index contributed by atoms with van der Waals surface area (Å²) in [6.07, 6.45) is 1.47. The van der Waals surface area contributed by atoms with Crippen LogP contribution in [0.3, 0.4) is 0 Å². The molecule has 1 saturated heterocycles. The summed E-state index contributed by atoms with van der Waals surface area (Å²) in [4.78, 5) is 2.31. The van der Waals surface area contributed by atoms with Crippen LogP contribution in [0, 0.1) is 5.92 Å². The van der Waals surface area contributed by atoms with Crippen molar-refractivity contribution in [2.24, 2.45) is 5.92 Å². The van der Waals surface area contributed by atoms with Gasteiger partial charge in [-0.15, -0.1) is 0 Å². The number of ether oxygens (including phenoxy) is 2. The first-order chi connectivity index (χ1) is 17.5. The molecule has 5 nitrogen and oxygen atoms in total. The molecule has 1 fully saturated rings. The van der Waals surface area contributed by atoms with E-state index in [2.05, 4.69) is 4.90 Å². The van der Waals surface area contributed by atoms with Gasteiger partial charge in [-0.3, -0.25) is 4.39 Å². The maximum absolute atomic E-state index is 12.8. The van der Waals surface area contributed by atoms with Gasteiger partial charge in [-0.05, 0) is 85.5 Å².